The Morgan fingerprint density at radius 2 is 1.72 bits per heavy atom. The second-order valence-electron chi connectivity index (χ2n) is 14.4. The van der Waals surface area contributed by atoms with Crippen LogP contribution in [0.3, 0.4) is 0 Å². The number of carboxylic acid groups (broad SMARTS) is 1. The summed E-state index contributed by atoms with van der Waals surface area (Å²) in [6.45, 7) is 5.44. The molecule has 1 aromatic carbocycles. The molecular weight excluding hydrogens is 771 g/mol. The molecule has 57 heavy (non-hydrogen) atoms. The van der Waals surface area contributed by atoms with Gasteiger partial charge in [-0.3, -0.25) is 9.78 Å². The van der Waals surface area contributed by atoms with Gasteiger partial charge in [-0.05, 0) is 69.7 Å². The average molecular weight is 818 g/mol. The van der Waals surface area contributed by atoms with Gasteiger partial charge in [-0.1, -0.05) is 41.4 Å². The predicted octanol–water partition coefficient (Wildman–Crippen LogP) is 7.12. The van der Waals surface area contributed by atoms with E-state index in [1.165, 1.54) is 18.9 Å². The first-order chi connectivity index (χ1) is 27.5. The molecule has 1 aliphatic heterocycles. The van der Waals surface area contributed by atoms with Gasteiger partial charge >= 0.3 is 6.09 Å². The number of hydrogen-bond acceptors (Lipinski definition) is 10. The number of halogens is 2. The maximum absolute atomic E-state index is 12.4. The van der Waals surface area contributed by atoms with E-state index in [1.807, 2.05) is 37.4 Å². The van der Waals surface area contributed by atoms with Crippen LogP contribution < -0.4 is 14.8 Å². The standard InChI is InChI=1S/C41H46Cl2N8O6/c1-4-57-34-20-26(23-51-39(34)47-35(48-51)21-45-27-9-11-29(53)12-10-27)38-37(43)31(14-17-44-38)30-6-5-7-32(36(30)42)33-13-8-25(40(46-33)56-3)22-50(41(54)55)28-15-18-49(19-16-28)24(2)52/h5-8,13-14,17,20,23,27-29,45,53H,4,9-12,15-16,18-19,21-22H2,1-3H3,(H,54,55). The summed E-state index contributed by atoms with van der Waals surface area (Å²) in [4.78, 5) is 41.5. The second-order valence-corrected chi connectivity index (χ2v) is 15.2. The molecule has 2 fully saturated rings. The molecule has 2 amide bonds. The van der Waals surface area contributed by atoms with Crippen LogP contribution >= 0.6 is 23.2 Å². The van der Waals surface area contributed by atoms with E-state index in [9.17, 15) is 19.8 Å². The monoisotopic (exact) mass is 816 g/mol. The van der Waals surface area contributed by atoms with Gasteiger partial charge in [0, 0.05) is 72.3 Å². The fourth-order valence-corrected chi connectivity index (χ4v) is 8.37. The number of rotatable bonds is 12. The number of nitrogens with one attached hydrogen (secondary N) is 1. The predicted molar refractivity (Wildman–Crippen MR) is 217 cm³/mol. The molecule has 1 aliphatic carbocycles. The molecule has 5 aromatic rings. The van der Waals surface area contributed by atoms with Crippen molar-refractivity contribution in [1.82, 2.24) is 39.7 Å². The van der Waals surface area contributed by atoms with Crippen molar-refractivity contribution in [2.45, 2.75) is 83.6 Å². The first-order valence-electron chi connectivity index (χ1n) is 19.2. The highest BCUT2D eigenvalue weighted by Gasteiger charge is 2.30. The number of piperidine rings is 1. The third-order valence-corrected chi connectivity index (χ3v) is 11.6. The van der Waals surface area contributed by atoms with E-state index >= 15 is 0 Å². The Morgan fingerprint density at radius 1 is 0.982 bits per heavy atom. The van der Waals surface area contributed by atoms with E-state index in [1.54, 1.807) is 33.8 Å². The Morgan fingerprint density at radius 3 is 2.42 bits per heavy atom. The van der Waals surface area contributed by atoms with E-state index in [0.29, 0.717) is 112 Å². The quantitative estimate of drug-likeness (QED) is 0.117. The number of pyridine rings is 3. The van der Waals surface area contributed by atoms with Gasteiger partial charge in [-0.2, -0.15) is 0 Å². The molecule has 16 heteroatoms. The molecule has 0 unspecified atom stereocenters. The molecule has 4 aromatic heterocycles. The molecular formula is C41H46Cl2N8O6. The van der Waals surface area contributed by atoms with Gasteiger partial charge in [0.25, 0.3) is 0 Å². The van der Waals surface area contributed by atoms with Gasteiger partial charge in [0.2, 0.25) is 11.8 Å². The number of aliphatic hydroxyl groups is 1. The topological polar surface area (TPSA) is 168 Å². The third-order valence-electron chi connectivity index (χ3n) is 10.8. The van der Waals surface area contributed by atoms with E-state index in [0.717, 1.165) is 25.7 Å². The molecule has 0 spiro atoms. The Bertz CT molecular complexity index is 2250. The van der Waals surface area contributed by atoms with E-state index in [4.69, 9.17) is 47.7 Å². The fourth-order valence-electron chi connectivity index (χ4n) is 7.72. The smallest absolute Gasteiger partial charge is 0.407 e. The number of amides is 2. The number of aliphatic hydroxyl groups excluding tert-OH is 1. The Hall–Kier alpha value is -5.02. The lowest BCUT2D eigenvalue weighted by atomic mass is 9.93. The Labute approximate surface area is 340 Å². The van der Waals surface area contributed by atoms with Crippen molar-refractivity contribution in [3.63, 3.8) is 0 Å². The van der Waals surface area contributed by atoms with Crippen molar-refractivity contribution in [3.8, 4) is 45.3 Å². The van der Waals surface area contributed by atoms with E-state index < -0.39 is 6.09 Å². The number of carbonyl (C=O) groups excluding carboxylic acids is 1. The minimum absolute atomic E-state index is 0.0108. The van der Waals surface area contributed by atoms with Crippen molar-refractivity contribution >= 4 is 40.8 Å². The summed E-state index contributed by atoms with van der Waals surface area (Å²) in [5, 5.41) is 29.1. The van der Waals surface area contributed by atoms with Crippen molar-refractivity contribution in [2.75, 3.05) is 26.8 Å². The number of benzene rings is 1. The maximum Gasteiger partial charge on any atom is 0.407 e. The lowest BCUT2D eigenvalue weighted by molar-refractivity contribution is -0.130. The zero-order chi connectivity index (χ0) is 40.2. The van der Waals surface area contributed by atoms with Crippen LogP contribution in [0.5, 0.6) is 11.6 Å². The number of methoxy groups -OCH3 is 1. The summed E-state index contributed by atoms with van der Waals surface area (Å²) in [6.07, 6.45) is 6.74. The van der Waals surface area contributed by atoms with Crippen molar-refractivity contribution < 1.29 is 29.3 Å². The SMILES string of the molecule is CCOc1cc(-c2nccc(-c3cccc(-c4ccc(CN(C(=O)O)C5CCN(C(C)=O)CC5)c(OC)n4)c3Cl)c2Cl)cn2nc(CNC3CCC(O)CC3)nc12. The van der Waals surface area contributed by atoms with Crippen LogP contribution in [0, 0.1) is 0 Å². The fraction of sp³-hybridized carbons (Fsp3) is 0.415. The molecule has 7 rings (SSSR count). The van der Waals surface area contributed by atoms with Gasteiger partial charge < -0.3 is 34.8 Å². The Balaban J connectivity index is 1.15. The van der Waals surface area contributed by atoms with Gasteiger partial charge in [0.15, 0.2) is 17.2 Å². The number of aromatic nitrogens is 5. The molecule has 0 bridgehead atoms. The lowest BCUT2D eigenvalue weighted by Crippen LogP contribution is -2.47. The zero-order valence-electron chi connectivity index (χ0n) is 32.1. The van der Waals surface area contributed by atoms with Crippen LogP contribution in [0.4, 0.5) is 4.79 Å². The summed E-state index contributed by atoms with van der Waals surface area (Å²) in [6, 6.07) is 12.9. The van der Waals surface area contributed by atoms with E-state index in [-0.39, 0.29) is 30.5 Å². The summed E-state index contributed by atoms with van der Waals surface area (Å²) < 4.78 is 13.4. The first kappa shape index (κ1) is 40.2. The molecule has 1 saturated carbocycles. The minimum Gasteiger partial charge on any atom is -0.490 e. The van der Waals surface area contributed by atoms with Crippen molar-refractivity contribution in [2.24, 2.45) is 0 Å². The van der Waals surface area contributed by atoms with Crippen LogP contribution in [0.25, 0.3) is 39.3 Å². The maximum atomic E-state index is 12.4. The summed E-state index contributed by atoms with van der Waals surface area (Å²) in [7, 11) is 1.50. The van der Waals surface area contributed by atoms with Crippen LogP contribution in [-0.4, -0.2) is 102 Å². The zero-order valence-corrected chi connectivity index (χ0v) is 33.6. The van der Waals surface area contributed by atoms with Gasteiger partial charge in [-0.25, -0.2) is 19.3 Å². The highest BCUT2D eigenvalue weighted by Crippen LogP contribution is 2.42. The van der Waals surface area contributed by atoms with Crippen LogP contribution in [0.15, 0.2) is 54.9 Å². The molecule has 1 saturated heterocycles. The number of fused-ring (bicyclic) bond motifs is 1. The number of hydrogen-bond donors (Lipinski definition) is 3. The van der Waals surface area contributed by atoms with Gasteiger partial charge in [0.1, 0.15) is 0 Å². The summed E-state index contributed by atoms with van der Waals surface area (Å²) >= 11 is 14.3. The summed E-state index contributed by atoms with van der Waals surface area (Å²) in [5.74, 6) is 1.45. The van der Waals surface area contributed by atoms with Crippen molar-refractivity contribution in [3.05, 3.63) is 76.3 Å². The molecule has 2 aliphatic rings. The molecule has 0 radical (unpaired) electrons. The van der Waals surface area contributed by atoms with Gasteiger partial charge in [-0.15, -0.1) is 5.10 Å². The summed E-state index contributed by atoms with van der Waals surface area (Å²) in [5.41, 5.74) is 4.87. The molecule has 300 valence electrons. The van der Waals surface area contributed by atoms with E-state index in [2.05, 4.69) is 10.3 Å². The van der Waals surface area contributed by atoms with Crippen LogP contribution in [0.1, 0.15) is 63.8 Å². The second kappa shape index (κ2) is 17.6. The molecule has 3 N–H and O–H groups in total. The third kappa shape index (κ3) is 8.79. The minimum atomic E-state index is -1.04. The van der Waals surface area contributed by atoms with Crippen LogP contribution in [-0.2, 0) is 17.9 Å². The number of carbonyl (C=O) groups is 2. The number of ether oxygens (including phenoxy) is 2. The normalized spacial score (nSPS) is 17.5. The lowest BCUT2D eigenvalue weighted by Gasteiger charge is -2.37. The molecule has 14 nitrogen and oxygen atoms in total. The Kier molecular flexibility index (Phi) is 12.4. The molecule has 5 heterocycles. The van der Waals surface area contributed by atoms with Crippen molar-refractivity contribution in [1.29, 1.82) is 0 Å². The highest BCUT2D eigenvalue weighted by molar-refractivity contribution is 6.39. The highest BCUT2D eigenvalue weighted by atomic mass is 35.5. The largest absolute Gasteiger partial charge is 0.490 e. The average Bonchev–Trinajstić information content (AvgIpc) is 3.63. The van der Waals surface area contributed by atoms with Crippen LogP contribution in [0.2, 0.25) is 10.0 Å². The number of nitrogens with zero attached hydrogens (tertiary/aromatic N) is 7. The first-order valence-corrected chi connectivity index (χ1v) is 20.0. The molecule has 0 atom stereocenters. The number of likely N-dealkylation sites (tertiary alicyclic amines) is 1. The van der Waals surface area contributed by atoms with Gasteiger partial charge in [0.05, 0.1) is 54.3 Å².